The van der Waals surface area contributed by atoms with E-state index in [0.29, 0.717) is 6.10 Å². The summed E-state index contributed by atoms with van der Waals surface area (Å²) in [5.41, 5.74) is 0.802. The van der Waals surface area contributed by atoms with E-state index in [1.807, 2.05) is 6.07 Å². The molecule has 1 saturated heterocycles. The van der Waals surface area contributed by atoms with Gasteiger partial charge in [-0.25, -0.2) is 0 Å². The number of benzene rings is 2. The van der Waals surface area contributed by atoms with Crippen molar-refractivity contribution in [3.8, 4) is 5.75 Å². The van der Waals surface area contributed by atoms with Crippen molar-refractivity contribution in [2.75, 3.05) is 11.5 Å². The molecular weight excluding hydrogens is 340 g/mol. The quantitative estimate of drug-likeness (QED) is 0.380. The Morgan fingerprint density at radius 3 is 2.38 bits per heavy atom. The summed E-state index contributed by atoms with van der Waals surface area (Å²) in [4.78, 5) is 13.2. The van der Waals surface area contributed by atoms with E-state index in [1.165, 1.54) is 78.5 Å². The summed E-state index contributed by atoms with van der Waals surface area (Å²) in [5.74, 6) is 3.82. The number of carbonyl (C=O) groups excluding carboxylic acids is 1. The molecule has 2 aromatic carbocycles. The minimum atomic E-state index is 0.135. The molecule has 4 rings (SSSR count). The van der Waals surface area contributed by atoms with Gasteiger partial charge in [0.1, 0.15) is 11.5 Å². The third-order valence-corrected chi connectivity index (χ3v) is 8.32. The minimum Gasteiger partial charge on any atom is -0.485 e. The molecule has 2 nitrogen and oxygen atoms in total. The van der Waals surface area contributed by atoms with Gasteiger partial charge in [0.25, 0.3) is 0 Å². The number of ether oxygens (including phenoxy) is 1. The number of hydrogen-bond acceptors (Lipinski definition) is 2. The molecule has 0 atom stereocenters. The van der Waals surface area contributed by atoms with Gasteiger partial charge in [0, 0.05) is 21.8 Å². The lowest BCUT2D eigenvalue weighted by Gasteiger charge is -2.19. The van der Waals surface area contributed by atoms with Crippen molar-refractivity contribution >= 4 is 27.5 Å². The number of carbonyl (C=O) groups is 1. The van der Waals surface area contributed by atoms with Gasteiger partial charge < -0.3 is 4.74 Å². The first kappa shape index (κ1) is 17.9. The first-order valence-corrected chi connectivity index (χ1v) is 11.7. The highest BCUT2D eigenvalue weighted by atomic mass is 32.2. The van der Waals surface area contributed by atoms with Crippen LogP contribution in [0.4, 0.5) is 0 Å². The van der Waals surface area contributed by atoms with Crippen LogP contribution in [0, 0.1) is 0 Å². The van der Waals surface area contributed by atoms with Gasteiger partial charge in [-0.3, -0.25) is 4.79 Å². The van der Waals surface area contributed by atoms with Gasteiger partial charge in [0.05, 0.1) is 6.10 Å². The fraction of sp³-hybridized carbons (Fsp3) is 0.522. The molecule has 0 spiro atoms. The number of hydrogen-bond donors (Lipinski definition) is 0. The Morgan fingerprint density at radius 2 is 1.69 bits per heavy atom. The van der Waals surface area contributed by atoms with Crippen molar-refractivity contribution < 1.29 is 9.53 Å². The zero-order chi connectivity index (χ0) is 17.9. The van der Waals surface area contributed by atoms with Gasteiger partial charge >= 0.3 is 0 Å². The van der Waals surface area contributed by atoms with E-state index in [2.05, 4.69) is 24.3 Å². The molecule has 138 valence electrons. The Morgan fingerprint density at radius 1 is 0.962 bits per heavy atom. The monoisotopic (exact) mass is 369 g/mol. The van der Waals surface area contributed by atoms with Crippen molar-refractivity contribution in [1.29, 1.82) is 0 Å². The van der Waals surface area contributed by atoms with Gasteiger partial charge in [-0.15, -0.1) is 0 Å². The normalized spacial score (nSPS) is 19.6. The summed E-state index contributed by atoms with van der Waals surface area (Å²) in [6, 6.07) is 10.5. The van der Waals surface area contributed by atoms with Crippen LogP contribution in [0.2, 0.25) is 0 Å². The summed E-state index contributed by atoms with van der Waals surface area (Å²) in [5, 5.41) is 2.48. The summed E-state index contributed by atoms with van der Waals surface area (Å²) < 4.78 is 6.60. The summed E-state index contributed by atoms with van der Waals surface area (Å²) in [7, 11) is 0.287. The number of Topliss-reactive ketones (excluding diaryl/α,β-unsaturated/α-hetero) is 1. The van der Waals surface area contributed by atoms with Gasteiger partial charge in [-0.1, -0.05) is 25.0 Å². The lowest BCUT2D eigenvalue weighted by atomic mass is 10.0. The SMILES string of the molecule is CC(=O)c1ccc2c([S+]3CCCC3)c(OC3CCCCCC3)ccc2c1. The van der Waals surface area contributed by atoms with Crippen molar-refractivity contribution in [3.63, 3.8) is 0 Å². The molecule has 2 aromatic rings. The van der Waals surface area contributed by atoms with E-state index in [0.717, 1.165) is 11.3 Å². The van der Waals surface area contributed by atoms with Gasteiger partial charge in [-0.2, -0.15) is 0 Å². The molecule has 26 heavy (non-hydrogen) atoms. The fourth-order valence-electron chi connectivity index (χ4n) is 4.29. The predicted octanol–water partition coefficient (Wildman–Crippen LogP) is 5.92. The molecular formula is C23H29O2S+. The molecule has 2 fully saturated rings. The summed E-state index contributed by atoms with van der Waals surface area (Å²) in [6.07, 6.45) is 10.7. The van der Waals surface area contributed by atoms with Crippen LogP contribution in [-0.4, -0.2) is 23.4 Å². The second-order valence-electron chi connectivity index (χ2n) is 7.72. The number of ketones is 1. The standard InChI is InChI=1S/C23H29O2S/c1-17(24)18-10-12-21-19(16-18)11-13-22(23(21)26-14-6-7-15-26)25-20-8-4-2-3-5-9-20/h10-13,16,20H,2-9,14-15H2,1H3/q+1. The zero-order valence-corrected chi connectivity index (χ0v) is 16.6. The Hall–Kier alpha value is -1.48. The van der Waals surface area contributed by atoms with Crippen molar-refractivity contribution in [1.82, 2.24) is 0 Å². The van der Waals surface area contributed by atoms with Gasteiger partial charge in [0.15, 0.2) is 11.5 Å². The second-order valence-corrected chi connectivity index (χ2v) is 9.93. The molecule has 3 heteroatoms. The van der Waals surface area contributed by atoms with E-state index in [4.69, 9.17) is 4.74 Å². The van der Waals surface area contributed by atoms with Crippen molar-refractivity contribution in [2.45, 2.75) is 69.3 Å². The zero-order valence-electron chi connectivity index (χ0n) is 15.8. The Labute approximate surface area is 159 Å². The van der Waals surface area contributed by atoms with Crippen LogP contribution >= 0.6 is 0 Å². The average Bonchev–Trinajstić information content (AvgIpc) is 3.05. The predicted molar refractivity (Wildman–Crippen MR) is 111 cm³/mol. The average molecular weight is 370 g/mol. The second kappa shape index (κ2) is 8.04. The van der Waals surface area contributed by atoms with E-state index in [9.17, 15) is 4.79 Å². The van der Waals surface area contributed by atoms with Crippen LogP contribution < -0.4 is 4.74 Å². The largest absolute Gasteiger partial charge is 0.485 e. The molecule has 0 N–H and O–H groups in total. The molecule has 1 heterocycles. The maximum Gasteiger partial charge on any atom is 0.204 e. The Bertz CT molecular complexity index is 784. The van der Waals surface area contributed by atoms with Gasteiger partial charge in [-0.05, 0) is 69.0 Å². The topological polar surface area (TPSA) is 26.3 Å². The summed E-state index contributed by atoms with van der Waals surface area (Å²) >= 11 is 0. The van der Waals surface area contributed by atoms with Crippen molar-refractivity contribution in [3.05, 3.63) is 35.9 Å². The number of fused-ring (bicyclic) bond motifs is 1. The number of rotatable bonds is 4. The maximum atomic E-state index is 11.8. The summed E-state index contributed by atoms with van der Waals surface area (Å²) in [6.45, 7) is 1.64. The molecule has 0 bridgehead atoms. The molecule has 2 aliphatic rings. The maximum absolute atomic E-state index is 11.8. The highest BCUT2D eigenvalue weighted by Gasteiger charge is 2.33. The Balaban J connectivity index is 1.74. The Kier molecular flexibility index (Phi) is 5.54. The van der Waals surface area contributed by atoms with Crippen LogP contribution in [0.25, 0.3) is 10.8 Å². The first-order chi connectivity index (χ1) is 12.7. The van der Waals surface area contributed by atoms with E-state index in [-0.39, 0.29) is 16.7 Å². The van der Waals surface area contributed by atoms with Crippen LogP contribution in [0.15, 0.2) is 35.2 Å². The lowest BCUT2D eigenvalue weighted by Crippen LogP contribution is -2.17. The first-order valence-electron chi connectivity index (χ1n) is 10.1. The molecule has 0 radical (unpaired) electrons. The van der Waals surface area contributed by atoms with Crippen LogP contribution in [0.5, 0.6) is 5.75 Å². The van der Waals surface area contributed by atoms with E-state index < -0.39 is 0 Å². The third kappa shape index (κ3) is 3.78. The molecule has 0 aromatic heterocycles. The van der Waals surface area contributed by atoms with E-state index in [1.54, 1.807) is 6.92 Å². The van der Waals surface area contributed by atoms with Crippen molar-refractivity contribution in [2.24, 2.45) is 0 Å². The lowest BCUT2D eigenvalue weighted by molar-refractivity contribution is 0.101. The highest BCUT2D eigenvalue weighted by Crippen LogP contribution is 2.38. The molecule has 1 saturated carbocycles. The van der Waals surface area contributed by atoms with E-state index >= 15 is 0 Å². The van der Waals surface area contributed by atoms with Crippen LogP contribution in [0.3, 0.4) is 0 Å². The van der Waals surface area contributed by atoms with Crippen LogP contribution in [0.1, 0.15) is 68.6 Å². The smallest absolute Gasteiger partial charge is 0.204 e. The molecule has 0 unspecified atom stereocenters. The minimum absolute atomic E-state index is 0.135. The molecule has 0 amide bonds. The fourth-order valence-corrected chi connectivity index (χ4v) is 6.90. The molecule has 1 aliphatic heterocycles. The third-order valence-electron chi connectivity index (χ3n) is 5.76. The highest BCUT2D eigenvalue weighted by molar-refractivity contribution is 7.97. The van der Waals surface area contributed by atoms with Gasteiger partial charge in [0.2, 0.25) is 4.90 Å². The van der Waals surface area contributed by atoms with Crippen LogP contribution in [-0.2, 0) is 10.9 Å². The molecule has 1 aliphatic carbocycles.